The third-order valence-corrected chi connectivity index (χ3v) is 3.77. The van der Waals surface area contributed by atoms with E-state index in [4.69, 9.17) is 0 Å². The van der Waals surface area contributed by atoms with Crippen molar-refractivity contribution in [3.63, 3.8) is 0 Å². The number of hydrogen-bond acceptors (Lipinski definition) is 3. The number of nitrogens with zero attached hydrogens (tertiary/aromatic N) is 1. The molecule has 1 saturated heterocycles. The monoisotopic (exact) mass is 289 g/mol. The molecule has 0 spiro atoms. The van der Waals surface area contributed by atoms with Crippen LogP contribution in [0.1, 0.15) is 18.4 Å². The first-order chi connectivity index (χ1) is 10.2. The van der Waals surface area contributed by atoms with E-state index in [0.29, 0.717) is 13.1 Å². The van der Waals surface area contributed by atoms with E-state index in [1.54, 1.807) is 11.9 Å². The minimum Gasteiger partial charge on any atom is -0.347 e. The second-order valence-corrected chi connectivity index (χ2v) is 5.50. The van der Waals surface area contributed by atoms with Crippen LogP contribution in [-0.4, -0.2) is 43.4 Å². The Balaban J connectivity index is 1.74. The van der Waals surface area contributed by atoms with Gasteiger partial charge in [-0.2, -0.15) is 0 Å². The highest BCUT2D eigenvalue weighted by Gasteiger charge is 2.21. The molecule has 1 aliphatic heterocycles. The summed E-state index contributed by atoms with van der Waals surface area (Å²) in [6.45, 7) is 2.31. The fourth-order valence-electron chi connectivity index (χ4n) is 2.46. The van der Waals surface area contributed by atoms with Crippen LogP contribution in [0.3, 0.4) is 0 Å². The normalized spacial score (nSPS) is 18.0. The van der Waals surface area contributed by atoms with E-state index in [0.717, 1.165) is 24.9 Å². The lowest BCUT2D eigenvalue weighted by Crippen LogP contribution is -2.44. The van der Waals surface area contributed by atoms with Gasteiger partial charge in [0.25, 0.3) is 0 Å². The molecule has 1 fully saturated rings. The number of benzene rings is 1. The van der Waals surface area contributed by atoms with Crippen molar-refractivity contribution in [3.05, 3.63) is 35.9 Å². The Bertz CT molecular complexity index is 470. The number of likely N-dealkylation sites (N-methyl/N-ethyl adjacent to an activating group) is 1. The number of nitrogens with one attached hydrogen (secondary N) is 2. The van der Waals surface area contributed by atoms with E-state index >= 15 is 0 Å². The van der Waals surface area contributed by atoms with E-state index in [1.165, 1.54) is 0 Å². The zero-order chi connectivity index (χ0) is 15.1. The van der Waals surface area contributed by atoms with Gasteiger partial charge in [-0.1, -0.05) is 30.3 Å². The summed E-state index contributed by atoms with van der Waals surface area (Å²) in [5.41, 5.74) is 1.08. The first-order valence-electron chi connectivity index (χ1n) is 7.43. The van der Waals surface area contributed by atoms with Crippen LogP contribution in [0.15, 0.2) is 30.3 Å². The molecule has 21 heavy (non-hydrogen) atoms. The van der Waals surface area contributed by atoms with Crippen molar-refractivity contribution in [1.29, 1.82) is 0 Å². The van der Waals surface area contributed by atoms with Gasteiger partial charge in [0.2, 0.25) is 11.8 Å². The van der Waals surface area contributed by atoms with Crippen LogP contribution in [0, 0.1) is 5.92 Å². The standard InChI is InChI=1S/C16H23N3O2/c1-19(12-13-6-3-2-4-7-13)15(20)11-18-16(21)14-8-5-9-17-10-14/h2-4,6-7,14,17H,5,8-12H2,1H3,(H,18,21). The zero-order valence-electron chi connectivity index (χ0n) is 12.5. The quantitative estimate of drug-likeness (QED) is 0.841. The minimum atomic E-state index is -0.0732. The minimum absolute atomic E-state index is 0.00835. The van der Waals surface area contributed by atoms with Gasteiger partial charge in [-0.15, -0.1) is 0 Å². The van der Waals surface area contributed by atoms with Crippen molar-refractivity contribution in [2.75, 3.05) is 26.7 Å². The van der Waals surface area contributed by atoms with Gasteiger partial charge in [0.15, 0.2) is 0 Å². The van der Waals surface area contributed by atoms with Gasteiger partial charge in [-0.05, 0) is 24.9 Å². The summed E-state index contributed by atoms with van der Waals surface area (Å²) in [5.74, 6) is -0.106. The first-order valence-corrected chi connectivity index (χ1v) is 7.43. The molecule has 0 aliphatic carbocycles. The van der Waals surface area contributed by atoms with Crippen LogP contribution in [0.4, 0.5) is 0 Å². The number of rotatable bonds is 5. The molecule has 0 aromatic heterocycles. The maximum atomic E-state index is 12.0. The molecule has 2 amide bonds. The van der Waals surface area contributed by atoms with E-state index < -0.39 is 0 Å². The van der Waals surface area contributed by atoms with Gasteiger partial charge < -0.3 is 15.5 Å². The Morgan fingerprint density at radius 2 is 2.10 bits per heavy atom. The van der Waals surface area contributed by atoms with Crippen LogP contribution >= 0.6 is 0 Å². The molecule has 114 valence electrons. The van der Waals surface area contributed by atoms with Gasteiger partial charge in [-0.3, -0.25) is 9.59 Å². The molecule has 0 radical (unpaired) electrons. The molecule has 1 aromatic rings. The van der Waals surface area contributed by atoms with Crippen LogP contribution in [-0.2, 0) is 16.1 Å². The molecule has 1 aliphatic rings. The lowest BCUT2D eigenvalue weighted by molar-refractivity contribution is -0.133. The van der Waals surface area contributed by atoms with Crippen LogP contribution in [0.2, 0.25) is 0 Å². The summed E-state index contributed by atoms with van der Waals surface area (Å²) < 4.78 is 0. The van der Waals surface area contributed by atoms with Crippen molar-refractivity contribution in [2.45, 2.75) is 19.4 Å². The molecule has 5 nitrogen and oxygen atoms in total. The smallest absolute Gasteiger partial charge is 0.242 e. The maximum absolute atomic E-state index is 12.0. The van der Waals surface area contributed by atoms with Crippen LogP contribution < -0.4 is 10.6 Å². The van der Waals surface area contributed by atoms with Crippen molar-refractivity contribution in [3.8, 4) is 0 Å². The molecule has 1 aromatic carbocycles. The lowest BCUT2D eigenvalue weighted by atomic mass is 9.99. The molecule has 0 bridgehead atoms. The Hall–Kier alpha value is -1.88. The molecule has 2 rings (SSSR count). The molecule has 0 saturated carbocycles. The maximum Gasteiger partial charge on any atom is 0.242 e. The second kappa shape index (κ2) is 7.78. The highest BCUT2D eigenvalue weighted by Crippen LogP contribution is 2.09. The summed E-state index contributed by atoms with van der Waals surface area (Å²) in [6, 6.07) is 9.81. The van der Waals surface area contributed by atoms with Crippen LogP contribution in [0.5, 0.6) is 0 Å². The van der Waals surface area contributed by atoms with Gasteiger partial charge >= 0.3 is 0 Å². The largest absolute Gasteiger partial charge is 0.347 e. The Morgan fingerprint density at radius 1 is 1.33 bits per heavy atom. The predicted molar refractivity (Wildman–Crippen MR) is 81.5 cm³/mol. The van der Waals surface area contributed by atoms with E-state index in [2.05, 4.69) is 10.6 Å². The van der Waals surface area contributed by atoms with Gasteiger partial charge in [0, 0.05) is 20.1 Å². The van der Waals surface area contributed by atoms with E-state index in [1.807, 2.05) is 30.3 Å². The number of carbonyl (C=O) groups is 2. The van der Waals surface area contributed by atoms with Gasteiger partial charge in [-0.25, -0.2) is 0 Å². The third-order valence-electron chi connectivity index (χ3n) is 3.77. The average molecular weight is 289 g/mol. The Kier molecular flexibility index (Phi) is 5.75. The van der Waals surface area contributed by atoms with E-state index in [-0.39, 0.29) is 24.3 Å². The Morgan fingerprint density at radius 3 is 2.76 bits per heavy atom. The summed E-state index contributed by atoms with van der Waals surface area (Å²) >= 11 is 0. The Labute approximate surface area is 125 Å². The molecule has 2 N–H and O–H groups in total. The number of piperidine rings is 1. The SMILES string of the molecule is CN(Cc1ccccc1)C(=O)CNC(=O)C1CCCNC1. The average Bonchev–Trinajstić information content (AvgIpc) is 2.54. The fraction of sp³-hybridized carbons (Fsp3) is 0.500. The fourth-order valence-corrected chi connectivity index (χ4v) is 2.46. The molecule has 1 atom stereocenters. The summed E-state index contributed by atoms with van der Waals surface area (Å²) in [6.07, 6.45) is 1.91. The number of amides is 2. The van der Waals surface area contributed by atoms with Gasteiger partial charge in [0.05, 0.1) is 12.5 Å². The molecule has 5 heteroatoms. The highest BCUT2D eigenvalue weighted by atomic mass is 16.2. The number of carbonyl (C=O) groups excluding carboxylic acids is 2. The van der Waals surface area contributed by atoms with Crippen molar-refractivity contribution in [1.82, 2.24) is 15.5 Å². The summed E-state index contributed by atoms with van der Waals surface area (Å²) in [7, 11) is 1.75. The highest BCUT2D eigenvalue weighted by molar-refractivity contribution is 5.85. The van der Waals surface area contributed by atoms with Crippen molar-refractivity contribution in [2.24, 2.45) is 5.92 Å². The summed E-state index contributed by atoms with van der Waals surface area (Å²) in [5, 5.41) is 5.95. The zero-order valence-corrected chi connectivity index (χ0v) is 12.5. The number of hydrogen-bond donors (Lipinski definition) is 2. The van der Waals surface area contributed by atoms with Crippen molar-refractivity contribution >= 4 is 11.8 Å². The second-order valence-electron chi connectivity index (χ2n) is 5.50. The van der Waals surface area contributed by atoms with Gasteiger partial charge in [0.1, 0.15) is 0 Å². The first kappa shape index (κ1) is 15.5. The topological polar surface area (TPSA) is 61.4 Å². The molecule has 1 heterocycles. The predicted octanol–water partition coefficient (Wildman–Crippen LogP) is 0.761. The summed E-state index contributed by atoms with van der Waals surface area (Å²) in [4.78, 5) is 25.6. The van der Waals surface area contributed by atoms with E-state index in [9.17, 15) is 9.59 Å². The van der Waals surface area contributed by atoms with Crippen LogP contribution in [0.25, 0.3) is 0 Å². The molecular formula is C16H23N3O2. The molecular weight excluding hydrogens is 266 g/mol. The lowest BCUT2D eigenvalue weighted by Gasteiger charge is -2.23. The molecule has 1 unspecified atom stereocenters. The third kappa shape index (κ3) is 4.86. The van der Waals surface area contributed by atoms with Crippen molar-refractivity contribution < 1.29 is 9.59 Å².